The summed E-state index contributed by atoms with van der Waals surface area (Å²) in [6, 6.07) is 16.6. The van der Waals surface area contributed by atoms with Crippen molar-refractivity contribution in [3.8, 4) is 0 Å². The fraction of sp³-hybridized carbons (Fsp3) is 0.469. The van der Waals surface area contributed by atoms with Crippen LogP contribution < -0.4 is 16.0 Å². The Morgan fingerprint density at radius 3 is 2.45 bits per heavy atom. The van der Waals surface area contributed by atoms with Crippen LogP contribution in [0.4, 0.5) is 4.79 Å². The number of rotatable bonds is 9. The number of benzene rings is 2. The van der Waals surface area contributed by atoms with E-state index < -0.39 is 17.7 Å². The molecule has 4 rings (SSSR count). The number of alkyl carbamates (subject to hydrolysis) is 1. The molecule has 2 aromatic carbocycles. The SMILES string of the molecule is CC[C@H](C)[C@H](NC(=O)OCc1ccccc1)C(=O)N[C@]1(C(=O)NCC(C)(C)C)CCc2[nH]c3ccccc3c2C1. The number of H-pyrrole nitrogens is 1. The molecule has 1 aliphatic carbocycles. The predicted octanol–water partition coefficient (Wildman–Crippen LogP) is 5.02. The van der Waals surface area contributed by atoms with Crippen LogP contribution >= 0.6 is 0 Å². The van der Waals surface area contributed by atoms with Crippen molar-refractivity contribution in [2.24, 2.45) is 11.3 Å². The number of para-hydroxylation sites is 1. The summed E-state index contributed by atoms with van der Waals surface area (Å²) in [7, 11) is 0. The molecule has 214 valence electrons. The topological polar surface area (TPSA) is 112 Å². The Morgan fingerprint density at radius 2 is 1.75 bits per heavy atom. The van der Waals surface area contributed by atoms with Gasteiger partial charge in [-0.25, -0.2) is 4.79 Å². The summed E-state index contributed by atoms with van der Waals surface area (Å²) in [6.07, 6.45) is 1.42. The van der Waals surface area contributed by atoms with Gasteiger partial charge >= 0.3 is 6.09 Å². The van der Waals surface area contributed by atoms with E-state index >= 15 is 0 Å². The molecule has 0 fully saturated rings. The van der Waals surface area contributed by atoms with E-state index in [1.165, 1.54) is 0 Å². The number of aromatic nitrogens is 1. The van der Waals surface area contributed by atoms with Gasteiger partial charge in [0.2, 0.25) is 11.8 Å². The van der Waals surface area contributed by atoms with Crippen molar-refractivity contribution in [1.29, 1.82) is 0 Å². The van der Waals surface area contributed by atoms with Gasteiger partial charge in [-0.15, -0.1) is 0 Å². The third-order valence-corrected chi connectivity index (χ3v) is 7.74. The number of hydrogen-bond acceptors (Lipinski definition) is 4. The van der Waals surface area contributed by atoms with Crippen LogP contribution in [-0.4, -0.2) is 41.0 Å². The lowest BCUT2D eigenvalue weighted by atomic mass is 9.78. The molecule has 8 heteroatoms. The molecule has 4 N–H and O–H groups in total. The summed E-state index contributed by atoms with van der Waals surface area (Å²) in [5.41, 5.74) is 2.74. The zero-order chi connectivity index (χ0) is 28.9. The van der Waals surface area contributed by atoms with Crippen molar-refractivity contribution in [1.82, 2.24) is 20.9 Å². The van der Waals surface area contributed by atoms with Crippen LogP contribution in [0, 0.1) is 11.3 Å². The molecule has 0 saturated heterocycles. The minimum atomic E-state index is -1.15. The average Bonchev–Trinajstić information content (AvgIpc) is 3.30. The van der Waals surface area contributed by atoms with Crippen molar-refractivity contribution >= 4 is 28.8 Å². The number of carbonyl (C=O) groups is 3. The quantitative estimate of drug-likeness (QED) is 0.302. The monoisotopic (exact) mass is 546 g/mol. The van der Waals surface area contributed by atoms with E-state index in [1.54, 1.807) is 0 Å². The smallest absolute Gasteiger partial charge is 0.408 e. The third kappa shape index (κ3) is 6.84. The van der Waals surface area contributed by atoms with Gasteiger partial charge in [0.15, 0.2) is 0 Å². The first-order valence-corrected chi connectivity index (χ1v) is 14.2. The number of carbonyl (C=O) groups excluding carboxylic acids is 3. The molecule has 1 aliphatic rings. The Morgan fingerprint density at radius 1 is 1.05 bits per heavy atom. The maximum atomic E-state index is 13.9. The lowest BCUT2D eigenvalue weighted by Crippen LogP contribution is -2.65. The fourth-order valence-corrected chi connectivity index (χ4v) is 5.18. The predicted molar refractivity (Wildman–Crippen MR) is 157 cm³/mol. The molecule has 0 radical (unpaired) electrons. The molecule has 3 atom stereocenters. The Labute approximate surface area is 236 Å². The molecule has 0 spiro atoms. The number of ether oxygens (including phenoxy) is 1. The lowest BCUT2D eigenvalue weighted by Gasteiger charge is -2.39. The number of aromatic amines is 1. The number of aryl methyl sites for hydroxylation is 1. The minimum absolute atomic E-state index is 0.101. The Balaban J connectivity index is 1.57. The summed E-state index contributed by atoms with van der Waals surface area (Å²) in [4.78, 5) is 44.0. The van der Waals surface area contributed by atoms with Crippen LogP contribution in [0.2, 0.25) is 0 Å². The summed E-state index contributed by atoms with van der Waals surface area (Å²) in [5.74, 6) is -0.771. The van der Waals surface area contributed by atoms with Gasteiger partial charge in [-0.3, -0.25) is 9.59 Å². The summed E-state index contributed by atoms with van der Waals surface area (Å²) < 4.78 is 5.41. The van der Waals surface area contributed by atoms with Crippen molar-refractivity contribution < 1.29 is 19.1 Å². The summed E-state index contributed by atoms with van der Waals surface area (Å²) >= 11 is 0. The maximum Gasteiger partial charge on any atom is 0.408 e. The first-order valence-electron chi connectivity index (χ1n) is 14.2. The third-order valence-electron chi connectivity index (χ3n) is 7.74. The zero-order valence-corrected chi connectivity index (χ0v) is 24.2. The van der Waals surface area contributed by atoms with Crippen molar-refractivity contribution in [3.63, 3.8) is 0 Å². The van der Waals surface area contributed by atoms with Crippen LogP contribution in [0.15, 0.2) is 54.6 Å². The highest BCUT2D eigenvalue weighted by atomic mass is 16.5. The van der Waals surface area contributed by atoms with E-state index in [1.807, 2.05) is 68.4 Å². The van der Waals surface area contributed by atoms with E-state index in [4.69, 9.17) is 4.74 Å². The van der Waals surface area contributed by atoms with E-state index in [0.717, 1.165) is 27.7 Å². The van der Waals surface area contributed by atoms with Crippen molar-refractivity contribution in [2.45, 2.75) is 78.5 Å². The molecule has 8 nitrogen and oxygen atoms in total. The highest BCUT2D eigenvalue weighted by molar-refractivity contribution is 5.96. The second-order valence-corrected chi connectivity index (χ2v) is 12.2. The molecule has 3 aromatic rings. The molecular formula is C32H42N4O4. The number of amides is 3. The van der Waals surface area contributed by atoms with Crippen LogP contribution in [0.1, 0.15) is 64.3 Å². The van der Waals surface area contributed by atoms with Gasteiger partial charge in [0.05, 0.1) is 0 Å². The number of nitrogens with one attached hydrogen (secondary N) is 4. The Hall–Kier alpha value is -3.81. The van der Waals surface area contributed by atoms with E-state index in [9.17, 15) is 14.4 Å². The Kier molecular flexibility index (Phi) is 8.86. The molecule has 3 amide bonds. The first-order chi connectivity index (χ1) is 19.0. The van der Waals surface area contributed by atoms with E-state index in [2.05, 4.69) is 41.7 Å². The first kappa shape index (κ1) is 29.2. The van der Waals surface area contributed by atoms with Gasteiger partial charge in [-0.05, 0) is 41.4 Å². The molecule has 40 heavy (non-hydrogen) atoms. The molecule has 0 bridgehead atoms. The van der Waals surface area contributed by atoms with Crippen LogP contribution in [0.25, 0.3) is 10.9 Å². The standard InChI is InChI=1S/C32H42N4O4/c1-6-21(2)27(35-30(39)40-19-22-12-8-7-9-13-22)28(37)36-32(29(38)33-20-31(3,4)5)17-16-26-24(18-32)23-14-10-11-15-25(23)34-26/h7-15,21,27,34H,6,16-20H2,1-5H3,(H,33,38)(H,35,39)(H,36,37)/t21-,27-,32+/m0/s1. The van der Waals surface area contributed by atoms with E-state index in [0.29, 0.717) is 32.2 Å². The Bertz CT molecular complexity index is 1340. The van der Waals surface area contributed by atoms with Gasteiger partial charge in [0.1, 0.15) is 18.2 Å². The molecular weight excluding hydrogens is 504 g/mol. The average molecular weight is 547 g/mol. The lowest BCUT2D eigenvalue weighted by molar-refractivity contribution is -0.135. The largest absolute Gasteiger partial charge is 0.445 e. The maximum absolute atomic E-state index is 13.9. The van der Waals surface area contributed by atoms with Gasteiger partial charge in [-0.1, -0.05) is 89.6 Å². The molecule has 0 unspecified atom stereocenters. The second-order valence-electron chi connectivity index (χ2n) is 12.2. The summed E-state index contributed by atoms with van der Waals surface area (Å²) in [5, 5.41) is 10.0. The molecule has 0 aliphatic heterocycles. The molecule has 1 heterocycles. The van der Waals surface area contributed by atoms with E-state index in [-0.39, 0.29) is 29.8 Å². The van der Waals surface area contributed by atoms with Gasteiger partial charge < -0.3 is 25.7 Å². The zero-order valence-electron chi connectivity index (χ0n) is 24.2. The van der Waals surface area contributed by atoms with Gasteiger partial charge in [0.25, 0.3) is 0 Å². The normalized spacial score (nSPS) is 18.3. The van der Waals surface area contributed by atoms with Crippen LogP contribution in [0.3, 0.4) is 0 Å². The summed E-state index contributed by atoms with van der Waals surface area (Å²) in [6.45, 7) is 10.6. The van der Waals surface area contributed by atoms with Crippen LogP contribution in [-0.2, 0) is 33.8 Å². The second kappa shape index (κ2) is 12.1. The molecule has 1 aromatic heterocycles. The number of fused-ring (bicyclic) bond motifs is 3. The fourth-order valence-electron chi connectivity index (χ4n) is 5.18. The highest BCUT2D eigenvalue weighted by Gasteiger charge is 2.45. The van der Waals surface area contributed by atoms with Crippen molar-refractivity contribution in [2.75, 3.05) is 6.54 Å². The van der Waals surface area contributed by atoms with Crippen LogP contribution in [0.5, 0.6) is 0 Å². The van der Waals surface area contributed by atoms with Gasteiger partial charge in [-0.2, -0.15) is 0 Å². The highest BCUT2D eigenvalue weighted by Crippen LogP contribution is 2.34. The van der Waals surface area contributed by atoms with Gasteiger partial charge in [0, 0.05) is 29.6 Å². The van der Waals surface area contributed by atoms with Crippen molar-refractivity contribution in [3.05, 3.63) is 71.4 Å². The molecule has 0 saturated carbocycles. The number of hydrogen-bond donors (Lipinski definition) is 4. The minimum Gasteiger partial charge on any atom is -0.445 e.